The second kappa shape index (κ2) is 6.00. The van der Waals surface area contributed by atoms with Gasteiger partial charge in [0, 0.05) is 20.0 Å². The first-order valence-corrected chi connectivity index (χ1v) is 4.51. The van der Waals surface area contributed by atoms with Gasteiger partial charge in [-0.3, -0.25) is 4.79 Å². The van der Waals surface area contributed by atoms with Crippen molar-refractivity contribution >= 4 is 5.91 Å². The number of hydrogen-bond acceptors (Lipinski definition) is 2. The molecule has 0 aromatic carbocycles. The molecule has 0 bridgehead atoms. The van der Waals surface area contributed by atoms with Gasteiger partial charge in [0.1, 0.15) is 0 Å². The number of nitrogens with zero attached hydrogens (tertiary/aromatic N) is 1. The summed E-state index contributed by atoms with van der Waals surface area (Å²) in [6.07, 6.45) is 1.65. The maximum atomic E-state index is 11.0. The van der Waals surface area contributed by atoms with Crippen LogP contribution in [0.5, 0.6) is 0 Å². The van der Waals surface area contributed by atoms with E-state index in [1.54, 1.807) is 11.8 Å². The van der Waals surface area contributed by atoms with Crippen LogP contribution in [0.2, 0.25) is 0 Å². The summed E-state index contributed by atoms with van der Waals surface area (Å²) in [6, 6.07) is 0. The van der Waals surface area contributed by atoms with Crippen LogP contribution in [0.4, 0.5) is 0 Å². The minimum Gasteiger partial charge on any atom is -0.392 e. The van der Waals surface area contributed by atoms with Gasteiger partial charge in [0.25, 0.3) is 0 Å². The molecule has 0 heterocycles. The van der Waals surface area contributed by atoms with Crippen LogP contribution in [-0.2, 0) is 4.79 Å². The van der Waals surface area contributed by atoms with Gasteiger partial charge in [-0.15, -0.1) is 0 Å². The summed E-state index contributed by atoms with van der Waals surface area (Å²) in [7, 11) is 0. The lowest BCUT2D eigenvalue weighted by atomic mass is 10.3. The number of rotatable bonds is 5. The number of aliphatic hydroxyl groups is 1. The van der Waals surface area contributed by atoms with Crippen LogP contribution in [0, 0.1) is 0 Å². The molecule has 0 fully saturated rings. The molecule has 0 spiro atoms. The third-order valence-corrected chi connectivity index (χ3v) is 1.71. The van der Waals surface area contributed by atoms with Crippen LogP contribution < -0.4 is 0 Å². The SMILES string of the molecule is CCCCN(CC(C)O)C(C)=O. The van der Waals surface area contributed by atoms with Gasteiger partial charge in [-0.1, -0.05) is 13.3 Å². The molecular formula is C9H19NO2. The van der Waals surface area contributed by atoms with Crippen molar-refractivity contribution < 1.29 is 9.90 Å². The van der Waals surface area contributed by atoms with Crippen LogP contribution in [0.15, 0.2) is 0 Å². The largest absolute Gasteiger partial charge is 0.392 e. The normalized spacial score (nSPS) is 12.7. The van der Waals surface area contributed by atoms with E-state index in [0.29, 0.717) is 6.54 Å². The molecule has 0 aliphatic rings. The first-order valence-electron chi connectivity index (χ1n) is 4.51. The van der Waals surface area contributed by atoms with Gasteiger partial charge in [0.15, 0.2) is 0 Å². The van der Waals surface area contributed by atoms with Gasteiger partial charge in [-0.25, -0.2) is 0 Å². The number of hydrogen-bond donors (Lipinski definition) is 1. The summed E-state index contributed by atoms with van der Waals surface area (Å²) >= 11 is 0. The lowest BCUT2D eigenvalue weighted by Gasteiger charge is -2.22. The standard InChI is InChI=1S/C9H19NO2/c1-4-5-6-10(9(3)12)7-8(2)11/h8,11H,4-7H2,1-3H3. The van der Waals surface area contributed by atoms with Crippen molar-refractivity contribution in [2.75, 3.05) is 13.1 Å². The average Bonchev–Trinajstić information content (AvgIpc) is 1.96. The molecule has 0 aromatic heterocycles. The Morgan fingerprint density at radius 1 is 1.58 bits per heavy atom. The lowest BCUT2D eigenvalue weighted by molar-refractivity contribution is -0.130. The highest BCUT2D eigenvalue weighted by molar-refractivity contribution is 5.73. The van der Waals surface area contributed by atoms with Crippen molar-refractivity contribution in [1.29, 1.82) is 0 Å². The van der Waals surface area contributed by atoms with Crippen molar-refractivity contribution in [3.63, 3.8) is 0 Å². The molecule has 0 radical (unpaired) electrons. The Kier molecular flexibility index (Phi) is 5.72. The maximum Gasteiger partial charge on any atom is 0.219 e. The second-order valence-electron chi connectivity index (χ2n) is 3.17. The summed E-state index contributed by atoms with van der Waals surface area (Å²) in [5.41, 5.74) is 0. The van der Waals surface area contributed by atoms with Crippen LogP contribution in [0.25, 0.3) is 0 Å². The van der Waals surface area contributed by atoms with E-state index in [4.69, 9.17) is 5.11 Å². The van der Waals surface area contributed by atoms with Crippen molar-refractivity contribution in [3.8, 4) is 0 Å². The minimum absolute atomic E-state index is 0.0457. The van der Waals surface area contributed by atoms with E-state index in [-0.39, 0.29) is 5.91 Å². The fourth-order valence-electron chi connectivity index (χ4n) is 1.05. The number of unbranched alkanes of at least 4 members (excludes halogenated alkanes) is 1. The smallest absolute Gasteiger partial charge is 0.219 e. The molecule has 0 saturated carbocycles. The molecular weight excluding hydrogens is 154 g/mol. The molecule has 1 amide bonds. The minimum atomic E-state index is -0.425. The van der Waals surface area contributed by atoms with Gasteiger partial charge in [0.05, 0.1) is 6.10 Å². The molecule has 3 nitrogen and oxygen atoms in total. The molecule has 12 heavy (non-hydrogen) atoms. The predicted octanol–water partition coefficient (Wildman–Crippen LogP) is 1.02. The van der Waals surface area contributed by atoms with E-state index >= 15 is 0 Å². The highest BCUT2D eigenvalue weighted by Gasteiger charge is 2.09. The summed E-state index contributed by atoms with van der Waals surface area (Å²) in [5.74, 6) is 0.0457. The lowest BCUT2D eigenvalue weighted by Crippen LogP contribution is -2.35. The zero-order chi connectivity index (χ0) is 9.56. The number of carbonyl (C=O) groups excluding carboxylic acids is 1. The highest BCUT2D eigenvalue weighted by Crippen LogP contribution is 1.97. The Morgan fingerprint density at radius 2 is 2.17 bits per heavy atom. The zero-order valence-corrected chi connectivity index (χ0v) is 8.21. The van der Waals surface area contributed by atoms with Crippen LogP contribution in [0.3, 0.4) is 0 Å². The number of aliphatic hydroxyl groups excluding tert-OH is 1. The van der Waals surface area contributed by atoms with Gasteiger partial charge in [0.2, 0.25) is 5.91 Å². The Labute approximate surface area is 74.4 Å². The predicted molar refractivity (Wildman–Crippen MR) is 48.8 cm³/mol. The van der Waals surface area contributed by atoms with Crippen LogP contribution in [-0.4, -0.2) is 35.1 Å². The van der Waals surface area contributed by atoms with E-state index < -0.39 is 6.10 Å². The van der Waals surface area contributed by atoms with Gasteiger partial charge in [-0.05, 0) is 13.3 Å². The van der Waals surface area contributed by atoms with Crippen LogP contribution in [0.1, 0.15) is 33.6 Å². The summed E-state index contributed by atoms with van der Waals surface area (Å²) in [4.78, 5) is 12.7. The fourth-order valence-corrected chi connectivity index (χ4v) is 1.05. The summed E-state index contributed by atoms with van der Waals surface area (Å²) in [6.45, 7) is 6.53. The van der Waals surface area contributed by atoms with E-state index in [1.807, 2.05) is 0 Å². The molecule has 1 unspecified atom stereocenters. The number of amides is 1. The second-order valence-corrected chi connectivity index (χ2v) is 3.17. The summed E-state index contributed by atoms with van der Waals surface area (Å²) in [5, 5.41) is 9.08. The molecule has 0 saturated heterocycles. The molecule has 1 atom stereocenters. The topological polar surface area (TPSA) is 40.5 Å². The van der Waals surface area contributed by atoms with E-state index in [1.165, 1.54) is 6.92 Å². The third-order valence-electron chi connectivity index (χ3n) is 1.71. The van der Waals surface area contributed by atoms with Crippen LogP contribution >= 0.6 is 0 Å². The van der Waals surface area contributed by atoms with E-state index in [9.17, 15) is 4.79 Å². The monoisotopic (exact) mass is 173 g/mol. The Balaban J connectivity index is 3.78. The third kappa shape index (κ3) is 5.13. The first kappa shape index (κ1) is 11.4. The highest BCUT2D eigenvalue weighted by atomic mass is 16.3. The quantitative estimate of drug-likeness (QED) is 0.674. The molecule has 72 valence electrons. The van der Waals surface area contributed by atoms with Crippen molar-refractivity contribution in [3.05, 3.63) is 0 Å². The van der Waals surface area contributed by atoms with E-state index in [0.717, 1.165) is 19.4 Å². The molecule has 0 aliphatic heterocycles. The zero-order valence-electron chi connectivity index (χ0n) is 8.21. The van der Waals surface area contributed by atoms with Gasteiger partial charge in [-0.2, -0.15) is 0 Å². The molecule has 0 aromatic rings. The van der Waals surface area contributed by atoms with Gasteiger partial charge < -0.3 is 10.0 Å². The maximum absolute atomic E-state index is 11.0. The molecule has 0 aliphatic carbocycles. The van der Waals surface area contributed by atoms with Crippen molar-refractivity contribution in [2.24, 2.45) is 0 Å². The molecule has 0 rings (SSSR count). The Morgan fingerprint density at radius 3 is 2.50 bits per heavy atom. The Hall–Kier alpha value is -0.570. The average molecular weight is 173 g/mol. The summed E-state index contributed by atoms with van der Waals surface area (Å²) < 4.78 is 0. The first-order chi connectivity index (χ1) is 5.57. The van der Waals surface area contributed by atoms with Crippen molar-refractivity contribution in [1.82, 2.24) is 4.90 Å². The van der Waals surface area contributed by atoms with E-state index in [2.05, 4.69) is 6.92 Å². The molecule has 3 heteroatoms. The van der Waals surface area contributed by atoms with Gasteiger partial charge >= 0.3 is 0 Å². The van der Waals surface area contributed by atoms with Crippen molar-refractivity contribution in [2.45, 2.75) is 39.7 Å². The Bertz CT molecular complexity index is 134. The number of carbonyl (C=O) groups is 1. The fraction of sp³-hybridized carbons (Fsp3) is 0.889. The molecule has 1 N–H and O–H groups in total.